The van der Waals surface area contributed by atoms with Gasteiger partial charge in [0.05, 0.1) is 6.54 Å². The molecule has 1 N–H and O–H groups in total. The van der Waals surface area contributed by atoms with E-state index in [4.69, 9.17) is 11.6 Å². The molecule has 0 saturated heterocycles. The van der Waals surface area contributed by atoms with E-state index >= 15 is 0 Å². The molecule has 1 aromatic carbocycles. The van der Waals surface area contributed by atoms with Crippen LogP contribution >= 0.6 is 11.6 Å². The molecule has 0 saturated carbocycles. The van der Waals surface area contributed by atoms with Crippen LogP contribution in [0.5, 0.6) is 0 Å². The van der Waals surface area contributed by atoms with Crippen LogP contribution in [0, 0.1) is 5.92 Å². The van der Waals surface area contributed by atoms with E-state index in [1.807, 2.05) is 22.9 Å². The van der Waals surface area contributed by atoms with Crippen LogP contribution < -0.4 is 5.32 Å². The molecule has 0 fully saturated rings. The molecule has 0 aliphatic rings. The highest BCUT2D eigenvalue weighted by molar-refractivity contribution is 6.30. The van der Waals surface area contributed by atoms with Gasteiger partial charge in [-0.2, -0.15) is 5.10 Å². The molecule has 4 nitrogen and oxygen atoms in total. The van der Waals surface area contributed by atoms with E-state index in [0.29, 0.717) is 12.5 Å². The summed E-state index contributed by atoms with van der Waals surface area (Å²) in [4.78, 5) is 4.32. The maximum atomic E-state index is 6.02. The maximum Gasteiger partial charge on any atom is 0.140 e. The van der Waals surface area contributed by atoms with Gasteiger partial charge in [0.25, 0.3) is 0 Å². The van der Waals surface area contributed by atoms with Crippen LogP contribution in [-0.2, 0) is 13.1 Å². The molecule has 1 aromatic heterocycles. The number of hydrogen-bond acceptors (Lipinski definition) is 3. The molecule has 1 heterocycles. The molecule has 1 atom stereocenters. The highest BCUT2D eigenvalue weighted by Crippen LogP contribution is 2.17. The Kier molecular flexibility index (Phi) is 5.15. The van der Waals surface area contributed by atoms with Crippen LogP contribution in [0.2, 0.25) is 5.02 Å². The maximum absolute atomic E-state index is 6.02. The van der Waals surface area contributed by atoms with Crippen molar-refractivity contribution in [1.82, 2.24) is 20.1 Å². The Morgan fingerprint density at radius 2 is 2.10 bits per heavy atom. The number of nitrogens with zero attached hydrogens (tertiary/aromatic N) is 3. The Morgan fingerprint density at radius 3 is 2.80 bits per heavy atom. The average Bonchev–Trinajstić information content (AvgIpc) is 2.82. The predicted octanol–water partition coefficient (Wildman–Crippen LogP) is 3.44. The third kappa shape index (κ3) is 4.05. The van der Waals surface area contributed by atoms with Crippen LogP contribution in [-0.4, -0.2) is 14.8 Å². The second kappa shape index (κ2) is 6.86. The van der Waals surface area contributed by atoms with Crippen molar-refractivity contribution >= 4 is 11.6 Å². The summed E-state index contributed by atoms with van der Waals surface area (Å²) in [5.74, 6) is 1.52. The van der Waals surface area contributed by atoms with Crippen LogP contribution in [0.3, 0.4) is 0 Å². The molecule has 0 aliphatic heterocycles. The van der Waals surface area contributed by atoms with E-state index in [1.54, 1.807) is 6.33 Å². The summed E-state index contributed by atoms with van der Waals surface area (Å²) < 4.78 is 1.96. The van der Waals surface area contributed by atoms with Gasteiger partial charge in [0.1, 0.15) is 12.2 Å². The van der Waals surface area contributed by atoms with Crippen molar-refractivity contribution in [3.63, 3.8) is 0 Å². The van der Waals surface area contributed by atoms with Gasteiger partial charge in [-0.3, -0.25) is 0 Å². The van der Waals surface area contributed by atoms with E-state index in [9.17, 15) is 0 Å². The third-order valence-corrected chi connectivity index (χ3v) is 3.38. The number of hydrogen-bond donors (Lipinski definition) is 1. The first-order valence-corrected chi connectivity index (χ1v) is 7.29. The lowest BCUT2D eigenvalue weighted by atomic mass is 10.1. The molecule has 2 rings (SSSR count). The first-order valence-electron chi connectivity index (χ1n) is 6.91. The topological polar surface area (TPSA) is 42.7 Å². The van der Waals surface area contributed by atoms with Crippen molar-refractivity contribution < 1.29 is 0 Å². The van der Waals surface area contributed by atoms with Crippen molar-refractivity contribution in [3.8, 4) is 0 Å². The lowest BCUT2D eigenvalue weighted by Gasteiger charge is -2.15. The van der Waals surface area contributed by atoms with Gasteiger partial charge in [0, 0.05) is 17.6 Å². The molecule has 0 amide bonds. The Labute approximate surface area is 125 Å². The summed E-state index contributed by atoms with van der Waals surface area (Å²) in [6.45, 7) is 8.05. The summed E-state index contributed by atoms with van der Waals surface area (Å²) in [6, 6.07) is 8.13. The lowest BCUT2D eigenvalue weighted by molar-refractivity contribution is 0.449. The van der Waals surface area contributed by atoms with Gasteiger partial charge in [0.15, 0.2) is 0 Å². The van der Waals surface area contributed by atoms with Crippen molar-refractivity contribution in [1.29, 1.82) is 0 Å². The standard InChI is InChI=1S/C15H21ClN4/c1-11(2)9-20-15(18-10-19-20)8-17-12(3)13-5-4-6-14(16)7-13/h4-7,10-12,17H,8-9H2,1-3H3/t12-/m0/s1. The Bertz CT molecular complexity index is 550. The molecule has 108 valence electrons. The minimum Gasteiger partial charge on any atom is -0.303 e. The minimum absolute atomic E-state index is 0.220. The van der Waals surface area contributed by atoms with Crippen molar-refractivity contribution in [3.05, 3.63) is 47.0 Å². The fourth-order valence-corrected chi connectivity index (χ4v) is 2.26. The number of benzene rings is 1. The molecule has 0 bridgehead atoms. The van der Waals surface area contributed by atoms with Crippen LogP contribution in [0.25, 0.3) is 0 Å². The van der Waals surface area contributed by atoms with Crippen molar-refractivity contribution in [2.75, 3.05) is 0 Å². The fourth-order valence-electron chi connectivity index (χ4n) is 2.06. The molecule has 20 heavy (non-hydrogen) atoms. The van der Waals surface area contributed by atoms with Gasteiger partial charge in [0.2, 0.25) is 0 Å². The van der Waals surface area contributed by atoms with E-state index in [0.717, 1.165) is 17.4 Å². The van der Waals surface area contributed by atoms with Crippen molar-refractivity contribution in [2.24, 2.45) is 5.92 Å². The van der Waals surface area contributed by atoms with Crippen LogP contribution in [0.4, 0.5) is 0 Å². The van der Waals surface area contributed by atoms with Gasteiger partial charge in [-0.1, -0.05) is 37.6 Å². The van der Waals surface area contributed by atoms with Gasteiger partial charge in [-0.15, -0.1) is 0 Å². The van der Waals surface area contributed by atoms with Gasteiger partial charge in [-0.05, 0) is 30.5 Å². The molecule has 5 heteroatoms. The van der Waals surface area contributed by atoms with Crippen LogP contribution in [0.15, 0.2) is 30.6 Å². The van der Waals surface area contributed by atoms with E-state index in [2.05, 4.69) is 42.2 Å². The Morgan fingerprint density at radius 1 is 1.30 bits per heavy atom. The van der Waals surface area contributed by atoms with Crippen molar-refractivity contribution in [2.45, 2.75) is 39.9 Å². The van der Waals surface area contributed by atoms with Crippen LogP contribution in [0.1, 0.15) is 38.2 Å². The Hall–Kier alpha value is -1.39. The quantitative estimate of drug-likeness (QED) is 0.887. The number of halogens is 1. The molecular formula is C15H21ClN4. The van der Waals surface area contributed by atoms with Gasteiger partial charge in [-0.25, -0.2) is 9.67 Å². The third-order valence-electron chi connectivity index (χ3n) is 3.15. The predicted molar refractivity (Wildman–Crippen MR) is 81.6 cm³/mol. The summed E-state index contributed by atoms with van der Waals surface area (Å²) >= 11 is 6.02. The first-order chi connectivity index (χ1) is 9.56. The zero-order chi connectivity index (χ0) is 14.5. The van der Waals surface area contributed by atoms with E-state index < -0.39 is 0 Å². The molecule has 0 spiro atoms. The first kappa shape index (κ1) is 15.0. The van der Waals surface area contributed by atoms with E-state index in [1.165, 1.54) is 5.56 Å². The normalized spacial score (nSPS) is 12.8. The molecular weight excluding hydrogens is 272 g/mol. The molecule has 2 aromatic rings. The fraction of sp³-hybridized carbons (Fsp3) is 0.467. The summed E-state index contributed by atoms with van der Waals surface area (Å²) in [5.41, 5.74) is 1.17. The highest BCUT2D eigenvalue weighted by Gasteiger charge is 2.09. The Balaban J connectivity index is 1.97. The number of nitrogens with one attached hydrogen (secondary N) is 1. The monoisotopic (exact) mass is 292 g/mol. The van der Waals surface area contributed by atoms with Gasteiger partial charge >= 0.3 is 0 Å². The molecule has 0 aliphatic carbocycles. The average molecular weight is 293 g/mol. The largest absolute Gasteiger partial charge is 0.303 e. The summed E-state index contributed by atoms with van der Waals surface area (Å²) in [6.07, 6.45) is 1.61. The highest BCUT2D eigenvalue weighted by atomic mass is 35.5. The van der Waals surface area contributed by atoms with Gasteiger partial charge < -0.3 is 5.32 Å². The number of aromatic nitrogens is 3. The zero-order valence-electron chi connectivity index (χ0n) is 12.2. The summed E-state index contributed by atoms with van der Waals surface area (Å²) in [5, 5.41) is 8.49. The van der Waals surface area contributed by atoms with E-state index in [-0.39, 0.29) is 6.04 Å². The zero-order valence-corrected chi connectivity index (χ0v) is 12.9. The minimum atomic E-state index is 0.220. The lowest BCUT2D eigenvalue weighted by Crippen LogP contribution is -2.22. The second-order valence-corrected chi connectivity index (χ2v) is 5.85. The molecule has 0 unspecified atom stereocenters. The number of rotatable bonds is 6. The SMILES string of the molecule is CC(C)Cn1ncnc1CN[C@@H](C)c1cccc(Cl)c1. The molecule has 0 radical (unpaired) electrons. The summed E-state index contributed by atoms with van der Waals surface area (Å²) in [7, 11) is 0. The second-order valence-electron chi connectivity index (χ2n) is 5.41. The smallest absolute Gasteiger partial charge is 0.140 e.